The number of benzene rings is 13. The summed E-state index contributed by atoms with van der Waals surface area (Å²) in [6.45, 7) is 0. The number of aromatic nitrogens is 1. The first-order valence-electron chi connectivity index (χ1n) is 23.7. The molecule has 0 aliphatic rings. The number of anilines is 3. The fourth-order valence-electron chi connectivity index (χ4n) is 11.8. The van der Waals surface area contributed by atoms with Crippen molar-refractivity contribution >= 4 is 125 Å². The second-order valence-electron chi connectivity index (χ2n) is 18.3. The van der Waals surface area contributed by atoms with Gasteiger partial charge in [-0.05, 0) is 131 Å². The minimum atomic E-state index is 0.865. The summed E-state index contributed by atoms with van der Waals surface area (Å²) in [5.41, 5.74) is 10.6. The highest BCUT2D eigenvalue weighted by atomic mass is 16.3. The zero-order valence-corrected chi connectivity index (χ0v) is 37.4. The van der Waals surface area contributed by atoms with Crippen LogP contribution in [0.3, 0.4) is 0 Å². The van der Waals surface area contributed by atoms with Gasteiger partial charge < -0.3 is 13.9 Å². The summed E-state index contributed by atoms with van der Waals surface area (Å²) in [6.07, 6.45) is 0. The minimum absolute atomic E-state index is 0.865. The van der Waals surface area contributed by atoms with Gasteiger partial charge in [-0.2, -0.15) is 0 Å². The number of hydrogen-bond donors (Lipinski definition) is 0. The molecule has 0 radical (unpaired) electrons. The monoisotopic (exact) mass is 876 g/mol. The van der Waals surface area contributed by atoms with Crippen molar-refractivity contribution in [2.24, 2.45) is 0 Å². The number of furan rings is 1. The molecule has 2 heterocycles. The second kappa shape index (κ2) is 14.7. The van der Waals surface area contributed by atoms with Crippen molar-refractivity contribution in [2.45, 2.75) is 0 Å². The van der Waals surface area contributed by atoms with E-state index in [0.717, 1.165) is 61.3 Å². The average Bonchev–Trinajstić information content (AvgIpc) is 3.96. The van der Waals surface area contributed by atoms with Gasteiger partial charge in [-0.1, -0.05) is 176 Å². The number of nitrogens with zero attached hydrogens (tertiary/aromatic N) is 2. The van der Waals surface area contributed by atoms with E-state index in [1.807, 2.05) is 0 Å². The third kappa shape index (κ3) is 5.56. The van der Waals surface area contributed by atoms with Gasteiger partial charge in [-0.25, -0.2) is 0 Å². The molecule has 0 spiro atoms. The minimum Gasteiger partial charge on any atom is -0.456 e. The van der Waals surface area contributed by atoms with Crippen LogP contribution >= 0.6 is 0 Å². The van der Waals surface area contributed by atoms with Crippen LogP contribution in [0.1, 0.15) is 0 Å². The molecule has 0 N–H and O–H groups in total. The van der Waals surface area contributed by atoms with E-state index in [4.69, 9.17) is 4.42 Å². The zero-order valence-electron chi connectivity index (χ0n) is 37.4. The van der Waals surface area contributed by atoms with E-state index in [-0.39, 0.29) is 0 Å². The summed E-state index contributed by atoms with van der Waals surface area (Å²) in [5, 5.41) is 19.7. The van der Waals surface area contributed by atoms with Gasteiger partial charge in [-0.3, -0.25) is 0 Å². The molecule has 69 heavy (non-hydrogen) atoms. The summed E-state index contributed by atoms with van der Waals surface area (Å²) < 4.78 is 9.32. The summed E-state index contributed by atoms with van der Waals surface area (Å²) in [5.74, 6) is 0. The van der Waals surface area contributed by atoms with Gasteiger partial charge in [0.25, 0.3) is 0 Å². The first kappa shape index (κ1) is 38.0. The fourth-order valence-corrected chi connectivity index (χ4v) is 11.8. The molecular formula is C66H40N2O. The Morgan fingerprint density at radius 3 is 1.32 bits per heavy atom. The molecule has 320 valence electrons. The normalized spacial score (nSPS) is 12.1. The lowest BCUT2D eigenvalue weighted by atomic mass is 9.89. The Kier molecular flexibility index (Phi) is 8.07. The van der Waals surface area contributed by atoms with E-state index in [2.05, 4.69) is 252 Å². The van der Waals surface area contributed by atoms with Crippen LogP contribution in [0, 0.1) is 0 Å². The molecule has 0 saturated heterocycles. The van der Waals surface area contributed by atoms with Crippen molar-refractivity contribution in [3.8, 4) is 16.8 Å². The van der Waals surface area contributed by atoms with E-state index >= 15 is 0 Å². The molecule has 15 rings (SSSR count). The molecule has 0 bridgehead atoms. The zero-order chi connectivity index (χ0) is 45.2. The Hall–Kier alpha value is -9.18. The molecule has 0 aliphatic heterocycles. The molecule has 15 aromatic rings. The highest BCUT2D eigenvalue weighted by molar-refractivity contribution is 6.30. The van der Waals surface area contributed by atoms with E-state index in [1.54, 1.807) is 0 Å². The first-order chi connectivity index (χ1) is 34.2. The Morgan fingerprint density at radius 2 is 0.725 bits per heavy atom. The molecule has 0 saturated carbocycles. The van der Waals surface area contributed by atoms with Gasteiger partial charge in [0.05, 0.1) is 11.0 Å². The molecule has 0 atom stereocenters. The van der Waals surface area contributed by atoms with Crippen LogP contribution in [0.4, 0.5) is 17.1 Å². The van der Waals surface area contributed by atoms with E-state index in [0.29, 0.717) is 0 Å². The van der Waals surface area contributed by atoms with Crippen LogP contribution in [0.15, 0.2) is 247 Å². The fraction of sp³-hybridized carbons (Fsp3) is 0. The molecule has 3 nitrogen and oxygen atoms in total. The van der Waals surface area contributed by atoms with Crippen LogP contribution in [0.5, 0.6) is 0 Å². The molecule has 2 aromatic heterocycles. The predicted octanol–water partition coefficient (Wildman–Crippen LogP) is 18.7. The number of hydrogen-bond acceptors (Lipinski definition) is 2. The SMILES string of the molecule is c1ccc(N(c2ccc3c4ccccc4c4ccccc4c3c2)c2ccc3c4c(-c5ccc6c7ccccc7c7ccccc7c6c5)c5c(cc4n(-c4ccccc4)c3c2)oc2ccccc25)cc1. The Balaban J connectivity index is 1.05. The maximum absolute atomic E-state index is 6.87. The smallest absolute Gasteiger partial charge is 0.138 e. The van der Waals surface area contributed by atoms with Crippen LogP contribution in [-0.4, -0.2) is 4.57 Å². The highest BCUT2D eigenvalue weighted by Gasteiger charge is 2.25. The standard InChI is InChI=1S/C66H40N2O/c1-3-17-42(18-4-1)67(44-32-35-55-51-26-10-8-22-47(51)49-24-12-14-28-53(49)59(55)38-44)45-33-36-56-60(39-45)68(43-19-5-2-6-20-43)61-40-63-66(57-29-15-16-30-62(57)69-63)64(65(56)61)41-31-34-54-50-25-9-7-21-46(50)48-23-11-13-27-52(48)58(54)37-41/h1-40H. The average molecular weight is 877 g/mol. The Bertz CT molecular complexity index is 4530. The predicted molar refractivity (Wildman–Crippen MR) is 293 cm³/mol. The van der Waals surface area contributed by atoms with Crippen LogP contribution in [0.25, 0.3) is 125 Å². The molecule has 13 aromatic carbocycles. The van der Waals surface area contributed by atoms with Crippen molar-refractivity contribution < 1.29 is 4.42 Å². The molecular weight excluding hydrogens is 837 g/mol. The quantitative estimate of drug-likeness (QED) is 0.161. The lowest BCUT2D eigenvalue weighted by molar-refractivity contribution is 0.669. The van der Waals surface area contributed by atoms with Crippen LogP contribution < -0.4 is 4.90 Å². The van der Waals surface area contributed by atoms with Crippen molar-refractivity contribution in [2.75, 3.05) is 4.90 Å². The van der Waals surface area contributed by atoms with Gasteiger partial charge >= 0.3 is 0 Å². The maximum atomic E-state index is 6.87. The van der Waals surface area contributed by atoms with Gasteiger partial charge in [0, 0.05) is 55.9 Å². The summed E-state index contributed by atoms with van der Waals surface area (Å²) in [4.78, 5) is 2.41. The van der Waals surface area contributed by atoms with Gasteiger partial charge in [0.15, 0.2) is 0 Å². The number of rotatable bonds is 5. The second-order valence-corrected chi connectivity index (χ2v) is 18.3. The van der Waals surface area contributed by atoms with Gasteiger partial charge in [0.1, 0.15) is 11.2 Å². The Morgan fingerprint density at radius 1 is 0.275 bits per heavy atom. The number of para-hydroxylation sites is 3. The highest BCUT2D eigenvalue weighted by Crippen LogP contribution is 2.49. The van der Waals surface area contributed by atoms with Crippen LogP contribution in [-0.2, 0) is 0 Å². The Labute approximate surface area is 396 Å². The maximum Gasteiger partial charge on any atom is 0.138 e. The summed E-state index contributed by atoms with van der Waals surface area (Å²) in [7, 11) is 0. The van der Waals surface area contributed by atoms with E-state index in [1.165, 1.54) is 81.0 Å². The molecule has 0 unspecified atom stereocenters. The molecule has 0 fully saturated rings. The topological polar surface area (TPSA) is 21.3 Å². The largest absolute Gasteiger partial charge is 0.456 e. The first-order valence-corrected chi connectivity index (χ1v) is 23.7. The van der Waals surface area contributed by atoms with Crippen molar-refractivity contribution in [3.05, 3.63) is 243 Å². The molecule has 0 aliphatic carbocycles. The van der Waals surface area contributed by atoms with E-state index < -0.39 is 0 Å². The third-order valence-electron chi connectivity index (χ3n) is 14.7. The molecule has 0 amide bonds. The third-order valence-corrected chi connectivity index (χ3v) is 14.7. The van der Waals surface area contributed by atoms with Crippen molar-refractivity contribution in [1.29, 1.82) is 0 Å². The van der Waals surface area contributed by atoms with Crippen molar-refractivity contribution in [3.63, 3.8) is 0 Å². The van der Waals surface area contributed by atoms with Crippen LogP contribution in [0.2, 0.25) is 0 Å². The van der Waals surface area contributed by atoms with E-state index in [9.17, 15) is 0 Å². The van der Waals surface area contributed by atoms with Crippen molar-refractivity contribution in [1.82, 2.24) is 4.57 Å². The lowest BCUT2D eigenvalue weighted by Gasteiger charge is -2.26. The van der Waals surface area contributed by atoms with Gasteiger partial charge in [-0.15, -0.1) is 0 Å². The summed E-state index contributed by atoms with van der Waals surface area (Å²) in [6, 6.07) is 88.8. The number of fused-ring (bicyclic) bond motifs is 18. The summed E-state index contributed by atoms with van der Waals surface area (Å²) >= 11 is 0. The van der Waals surface area contributed by atoms with Gasteiger partial charge in [0.2, 0.25) is 0 Å². The molecule has 3 heteroatoms. The lowest BCUT2D eigenvalue weighted by Crippen LogP contribution is -2.10.